The third-order valence-electron chi connectivity index (χ3n) is 3.31. The summed E-state index contributed by atoms with van der Waals surface area (Å²) in [6.45, 7) is 0.751. The van der Waals surface area contributed by atoms with Gasteiger partial charge in [-0.1, -0.05) is 6.07 Å². The Morgan fingerprint density at radius 1 is 1.44 bits per heavy atom. The number of nitrogens with zero attached hydrogens (tertiary/aromatic N) is 1. The van der Waals surface area contributed by atoms with E-state index in [1.165, 1.54) is 11.3 Å². The summed E-state index contributed by atoms with van der Waals surface area (Å²) in [5.74, 6) is -0.732. The number of carboxylic acids is 1. The molecule has 0 unspecified atom stereocenters. The van der Waals surface area contributed by atoms with Gasteiger partial charge in [0.25, 0.3) is 5.91 Å². The number of rotatable bonds is 4. The summed E-state index contributed by atoms with van der Waals surface area (Å²) in [4.78, 5) is 25.6. The molecule has 0 radical (unpaired) electrons. The van der Waals surface area contributed by atoms with Gasteiger partial charge in [0.2, 0.25) is 0 Å². The summed E-state index contributed by atoms with van der Waals surface area (Å²) >= 11 is 1.44. The Morgan fingerprint density at radius 3 is 2.94 bits per heavy atom. The van der Waals surface area contributed by atoms with E-state index in [1.807, 2.05) is 22.4 Å². The standard InChI is InChI=1S/C13H17NO3S/c15-12(16)7-6-10-4-1-2-8-14(10)13(17)11-5-3-9-18-11/h3,5,9-10H,1-2,4,6-8H2,(H,15,16)/t10-/m0/s1. The molecular weight excluding hydrogens is 250 g/mol. The highest BCUT2D eigenvalue weighted by Crippen LogP contribution is 2.24. The normalized spacial score (nSPS) is 19.8. The van der Waals surface area contributed by atoms with Crippen LogP contribution in [0.2, 0.25) is 0 Å². The molecule has 1 fully saturated rings. The fourth-order valence-electron chi connectivity index (χ4n) is 2.40. The minimum absolute atomic E-state index is 0.0556. The van der Waals surface area contributed by atoms with Gasteiger partial charge in [0.15, 0.2) is 0 Å². The molecule has 98 valence electrons. The molecule has 4 nitrogen and oxygen atoms in total. The number of carboxylic acid groups (broad SMARTS) is 1. The van der Waals surface area contributed by atoms with Crippen LogP contribution in [0.3, 0.4) is 0 Å². The number of hydrogen-bond acceptors (Lipinski definition) is 3. The molecule has 2 heterocycles. The Hall–Kier alpha value is -1.36. The number of likely N-dealkylation sites (tertiary alicyclic amines) is 1. The molecule has 1 amide bonds. The lowest BCUT2D eigenvalue weighted by Gasteiger charge is -2.35. The minimum Gasteiger partial charge on any atom is -0.481 e. The predicted octanol–water partition coefficient (Wildman–Crippen LogP) is 2.61. The van der Waals surface area contributed by atoms with Crippen molar-refractivity contribution < 1.29 is 14.7 Å². The maximum atomic E-state index is 12.3. The van der Waals surface area contributed by atoms with Crippen LogP contribution in [-0.4, -0.2) is 34.5 Å². The monoisotopic (exact) mass is 267 g/mol. The SMILES string of the molecule is O=C(O)CC[C@@H]1CCCCN1C(=O)c1cccs1. The van der Waals surface area contributed by atoms with E-state index in [0.29, 0.717) is 6.42 Å². The zero-order valence-corrected chi connectivity index (χ0v) is 11.0. The number of piperidine rings is 1. The molecule has 18 heavy (non-hydrogen) atoms. The van der Waals surface area contributed by atoms with Crippen LogP contribution in [0.15, 0.2) is 17.5 Å². The summed E-state index contributed by atoms with van der Waals surface area (Å²) < 4.78 is 0. The van der Waals surface area contributed by atoms with Gasteiger partial charge in [0.1, 0.15) is 0 Å². The van der Waals surface area contributed by atoms with Gasteiger partial charge < -0.3 is 10.0 Å². The van der Waals surface area contributed by atoms with Crippen LogP contribution in [0, 0.1) is 0 Å². The first-order valence-electron chi connectivity index (χ1n) is 6.25. The van der Waals surface area contributed by atoms with Crippen molar-refractivity contribution in [2.24, 2.45) is 0 Å². The second kappa shape index (κ2) is 6.00. The van der Waals surface area contributed by atoms with Crippen molar-refractivity contribution in [3.63, 3.8) is 0 Å². The number of carbonyl (C=O) groups excluding carboxylic acids is 1. The van der Waals surface area contributed by atoms with Gasteiger partial charge in [-0.3, -0.25) is 9.59 Å². The number of amides is 1. The number of aliphatic carboxylic acids is 1. The molecule has 5 heteroatoms. The molecule has 1 aliphatic rings. The van der Waals surface area contributed by atoms with Crippen LogP contribution in [0.4, 0.5) is 0 Å². The first kappa shape index (κ1) is 13.1. The lowest BCUT2D eigenvalue weighted by atomic mass is 9.97. The minimum atomic E-state index is -0.788. The highest BCUT2D eigenvalue weighted by atomic mass is 32.1. The molecule has 1 saturated heterocycles. The van der Waals surface area contributed by atoms with Crippen LogP contribution in [0.25, 0.3) is 0 Å². The fraction of sp³-hybridized carbons (Fsp3) is 0.538. The average molecular weight is 267 g/mol. The van der Waals surface area contributed by atoms with Crippen molar-refractivity contribution in [3.05, 3.63) is 22.4 Å². The first-order chi connectivity index (χ1) is 8.68. The summed E-state index contributed by atoms with van der Waals surface area (Å²) in [6.07, 6.45) is 3.72. The molecule has 2 rings (SSSR count). The van der Waals surface area contributed by atoms with E-state index in [4.69, 9.17) is 5.11 Å². The third kappa shape index (κ3) is 3.10. The van der Waals surface area contributed by atoms with Gasteiger partial charge >= 0.3 is 5.97 Å². The maximum Gasteiger partial charge on any atom is 0.303 e. The van der Waals surface area contributed by atoms with Gasteiger partial charge in [-0.05, 0) is 37.1 Å². The zero-order valence-electron chi connectivity index (χ0n) is 10.2. The summed E-state index contributed by atoms with van der Waals surface area (Å²) in [5, 5.41) is 10.6. The van der Waals surface area contributed by atoms with Gasteiger partial charge in [0, 0.05) is 19.0 Å². The van der Waals surface area contributed by atoms with Crippen molar-refractivity contribution >= 4 is 23.2 Å². The Kier molecular flexibility index (Phi) is 4.36. The highest BCUT2D eigenvalue weighted by molar-refractivity contribution is 7.12. The fourth-order valence-corrected chi connectivity index (χ4v) is 3.08. The summed E-state index contributed by atoms with van der Waals surface area (Å²) in [6, 6.07) is 3.79. The topological polar surface area (TPSA) is 57.6 Å². The number of thiophene rings is 1. The summed E-state index contributed by atoms with van der Waals surface area (Å²) in [7, 11) is 0. The number of hydrogen-bond donors (Lipinski definition) is 1. The van der Waals surface area contributed by atoms with Crippen LogP contribution in [-0.2, 0) is 4.79 Å². The van der Waals surface area contributed by atoms with E-state index in [9.17, 15) is 9.59 Å². The van der Waals surface area contributed by atoms with E-state index >= 15 is 0 Å². The maximum absolute atomic E-state index is 12.3. The first-order valence-corrected chi connectivity index (χ1v) is 7.12. The molecule has 0 aromatic carbocycles. The molecular formula is C13H17NO3S. The predicted molar refractivity (Wildman–Crippen MR) is 69.9 cm³/mol. The van der Waals surface area contributed by atoms with Crippen molar-refractivity contribution in [1.29, 1.82) is 0 Å². The Balaban J connectivity index is 2.03. The van der Waals surface area contributed by atoms with Crippen molar-refractivity contribution in [2.45, 2.75) is 38.1 Å². The highest BCUT2D eigenvalue weighted by Gasteiger charge is 2.28. The van der Waals surface area contributed by atoms with E-state index in [2.05, 4.69) is 0 Å². The van der Waals surface area contributed by atoms with Gasteiger partial charge in [0.05, 0.1) is 4.88 Å². The van der Waals surface area contributed by atoms with Crippen molar-refractivity contribution in [1.82, 2.24) is 4.90 Å². The molecule has 1 aromatic rings. The van der Waals surface area contributed by atoms with Crippen LogP contribution in [0.5, 0.6) is 0 Å². The van der Waals surface area contributed by atoms with Crippen molar-refractivity contribution in [3.8, 4) is 0 Å². The molecule has 0 saturated carbocycles. The second-order valence-corrected chi connectivity index (χ2v) is 5.51. The Bertz CT molecular complexity index is 416. The lowest BCUT2D eigenvalue weighted by molar-refractivity contribution is -0.137. The lowest BCUT2D eigenvalue weighted by Crippen LogP contribution is -2.43. The Morgan fingerprint density at radius 2 is 2.28 bits per heavy atom. The van der Waals surface area contributed by atoms with E-state index in [0.717, 1.165) is 30.7 Å². The van der Waals surface area contributed by atoms with Crippen LogP contribution >= 0.6 is 11.3 Å². The van der Waals surface area contributed by atoms with E-state index in [-0.39, 0.29) is 18.4 Å². The molecule has 1 aromatic heterocycles. The molecule has 0 bridgehead atoms. The van der Waals surface area contributed by atoms with Gasteiger partial charge in [-0.15, -0.1) is 11.3 Å². The molecule has 1 N–H and O–H groups in total. The average Bonchev–Trinajstić information content (AvgIpc) is 2.89. The molecule has 0 aliphatic carbocycles. The van der Waals surface area contributed by atoms with E-state index in [1.54, 1.807) is 0 Å². The van der Waals surface area contributed by atoms with Crippen molar-refractivity contribution in [2.75, 3.05) is 6.54 Å². The van der Waals surface area contributed by atoms with Crippen LogP contribution < -0.4 is 0 Å². The van der Waals surface area contributed by atoms with E-state index < -0.39 is 5.97 Å². The zero-order chi connectivity index (χ0) is 13.0. The molecule has 1 atom stereocenters. The molecule has 1 aliphatic heterocycles. The van der Waals surface area contributed by atoms with Crippen LogP contribution in [0.1, 0.15) is 41.8 Å². The second-order valence-electron chi connectivity index (χ2n) is 4.56. The van der Waals surface area contributed by atoms with Gasteiger partial charge in [-0.2, -0.15) is 0 Å². The Labute approximate surface area is 110 Å². The molecule has 0 spiro atoms. The quantitative estimate of drug-likeness (QED) is 0.912. The third-order valence-corrected chi connectivity index (χ3v) is 4.17. The largest absolute Gasteiger partial charge is 0.481 e. The summed E-state index contributed by atoms with van der Waals surface area (Å²) in [5.41, 5.74) is 0. The smallest absolute Gasteiger partial charge is 0.303 e. The van der Waals surface area contributed by atoms with Gasteiger partial charge in [-0.25, -0.2) is 0 Å². The number of carbonyl (C=O) groups is 2.